The topological polar surface area (TPSA) is 56.7 Å². The van der Waals surface area contributed by atoms with E-state index in [0.717, 1.165) is 69.3 Å². The van der Waals surface area contributed by atoms with E-state index in [0.29, 0.717) is 11.9 Å². The molecule has 0 atom stereocenters. The monoisotopic (exact) mass is 528 g/mol. The average molecular weight is 529 g/mol. The highest BCUT2D eigenvalue weighted by Gasteiger charge is 2.30. The van der Waals surface area contributed by atoms with Crippen molar-refractivity contribution in [1.29, 1.82) is 0 Å². The third-order valence-electron chi connectivity index (χ3n) is 5.25. The zero-order valence-electron chi connectivity index (χ0n) is 17.3. The number of rotatable bonds is 6. The fourth-order valence-electron chi connectivity index (χ4n) is 3.37. The minimum absolute atomic E-state index is 0. The summed E-state index contributed by atoms with van der Waals surface area (Å²) in [6.07, 6.45) is 6.23. The maximum absolute atomic E-state index is 12.7. The second-order valence-electron chi connectivity index (χ2n) is 7.79. The Morgan fingerprint density at radius 2 is 1.85 bits per heavy atom. The van der Waals surface area contributed by atoms with Crippen LogP contribution in [0.4, 0.5) is 0 Å². The predicted octanol–water partition coefficient (Wildman–Crippen LogP) is 3.44. The average Bonchev–Trinajstić information content (AvgIpc) is 2.67. The molecule has 1 amide bonds. The Morgan fingerprint density at radius 1 is 1.22 bits per heavy atom. The molecule has 0 aromatic carbocycles. The molecule has 0 aromatic rings. The number of nitrogens with one attached hydrogen (secondary N) is 2. The van der Waals surface area contributed by atoms with Crippen LogP contribution in [-0.4, -0.2) is 71.5 Å². The normalized spacial score (nSPS) is 24.1. The van der Waals surface area contributed by atoms with Crippen molar-refractivity contribution in [1.82, 2.24) is 15.5 Å². The number of guanidine groups is 1. The molecule has 0 bridgehead atoms. The van der Waals surface area contributed by atoms with E-state index in [9.17, 15) is 4.79 Å². The third-order valence-corrected chi connectivity index (χ3v) is 7.43. The number of nitrogens with zero attached hydrogens (tertiary/aromatic N) is 2. The Balaban J connectivity index is 0.00000364. The Bertz CT molecular complexity index is 476. The molecule has 2 aliphatic rings. The van der Waals surface area contributed by atoms with Crippen LogP contribution in [-0.2, 0) is 4.79 Å². The maximum atomic E-state index is 12.7. The zero-order valence-corrected chi connectivity index (χ0v) is 21.2. The second kappa shape index (κ2) is 12.7. The SMILES string of the molecule is CCNC(=NCC(C)(C)SC)NC1CCC(C(=O)N2CCSCC2)CC1.I. The van der Waals surface area contributed by atoms with Gasteiger partial charge in [0.05, 0.1) is 6.54 Å². The minimum Gasteiger partial charge on any atom is -0.357 e. The van der Waals surface area contributed by atoms with Gasteiger partial charge in [0.1, 0.15) is 0 Å². The van der Waals surface area contributed by atoms with Crippen molar-refractivity contribution < 1.29 is 4.79 Å². The van der Waals surface area contributed by atoms with Crippen molar-refractivity contribution in [3.8, 4) is 0 Å². The summed E-state index contributed by atoms with van der Waals surface area (Å²) in [6.45, 7) is 10.1. The van der Waals surface area contributed by atoms with Crippen LogP contribution in [0.25, 0.3) is 0 Å². The first-order valence-electron chi connectivity index (χ1n) is 9.91. The van der Waals surface area contributed by atoms with Crippen molar-refractivity contribution in [3.05, 3.63) is 0 Å². The first kappa shape index (κ1) is 25.2. The molecule has 0 aromatic heterocycles. The standard InChI is InChI=1S/C19H36N4OS2.HI/c1-5-20-18(21-14-19(2,3)25-4)22-16-8-6-15(7-9-16)17(24)23-10-12-26-13-11-23;/h15-16H,5-14H2,1-4H3,(H2,20,21,22);1H. The Hall–Kier alpha value is 0.170. The molecule has 1 heterocycles. The molecule has 2 N–H and O–H groups in total. The summed E-state index contributed by atoms with van der Waals surface area (Å²) in [5.41, 5.74) is 0. The van der Waals surface area contributed by atoms with Gasteiger partial charge in [0.2, 0.25) is 5.91 Å². The van der Waals surface area contributed by atoms with E-state index in [4.69, 9.17) is 4.99 Å². The summed E-state index contributed by atoms with van der Waals surface area (Å²) >= 11 is 3.80. The number of carbonyl (C=O) groups excluding carboxylic acids is 1. The second-order valence-corrected chi connectivity index (χ2v) is 10.5. The lowest BCUT2D eigenvalue weighted by atomic mass is 9.85. The van der Waals surface area contributed by atoms with E-state index in [2.05, 4.69) is 42.6 Å². The summed E-state index contributed by atoms with van der Waals surface area (Å²) in [5.74, 6) is 3.73. The molecular formula is C19H37IN4OS2. The molecule has 1 aliphatic carbocycles. The molecule has 2 rings (SSSR count). The van der Waals surface area contributed by atoms with Gasteiger partial charge in [-0.1, -0.05) is 0 Å². The largest absolute Gasteiger partial charge is 0.357 e. The van der Waals surface area contributed by atoms with E-state index in [1.54, 1.807) is 0 Å². The van der Waals surface area contributed by atoms with Gasteiger partial charge in [-0.2, -0.15) is 23.5 Å². The first-order valence-corrected chi connectivity index (χ1v) is 12.3. The van der Waals surface area contributed by atoms with Gasteiger partial charge in [0, 0.05) is 47.8 Å². The van der Waals surface area contributed by atoms with Crippen molar-refractivity contribution in [2.75, 3.05) is 43.9 Å². The van der Waals surface area contributed by atoms with E-state index in [1.807, 2.05) is 23.5 Å². The first-order chi connectivity index (χ1) is 12.4. The lowest BCUT2D eigenvalue weighted by Crippen LogP contribution is -2.47. The van der Waals surface area contributed by atoms with Crippen LogP contribution in [0.3, 0.4) is 0 Å². The summed E-state index contributed by atoms with van der Waals surface area (Å²) in [6, 6.07) is 0.422. The van der Waals surface area contributed by atoms with E-state index >= 15 is 0 Å². The van der Waals surface area contributed by atoms with E-state index in [1.165, 1.54) is 0 Å². The highest BCUT2D eigenvalue weighted by Crippen LogP contribution is 2.27. The Morgan fingerprint density at radius 3 is 2.41 bits per heavy atom. The van der Waals surface area contributed by atoms with Crippen LogP contribution in [0.1, 0.15) is 46.5 Å². The molecule has 1 saturated carbocycles. The molecule has 0 unspecified atom stereocenters. The molecule has 27 heavy (non-hydrogen) atoms. The van der Waals surface area contributed by atoms with Gasteiger partial charge in [-0.05, 0) is 52.7 Å². The molecule has 0 radical (unpaired) electrons. The van der Waals surface area contributed by atoms with Gasteiger partial charge in [0.25, 0.3) is 0 Å². The van der Waals surface area contributed by atoms with Gasteiger partial charge in [-0.25, -0.2) is 0 Å². The molecule has 2 fully saturated rings. The summed E-state index contributed by atoms with van der Waals surface area (Å²) in [7, 11) is 0. The van der Waals surface area contributed by atoms with Crippen molar-refractivity contribution in [2.24, 2.45) is 10.9 Å². The highest BCUT2D eigenvalue weighted by molar-refractivity contribution is 14.0. The van der Waals surface area contributed by atoms with Gasteiger partial charge in [-0.15, -0.1) is 24.0 Å². The summed E-state index contributed by atoms with van der Waals surface area (Å²) in [5, 5.41) is 6.96. The number of carbonyl (C=O) groups is 1. The van der Waals surface area contributed by atoms with E-state index < -0.39 is 0 Å². The Kier molecular flexibility index (Phi) is 11.8. The van der Waals surface area contributed by atoms with Gasteiger partial charge >= 0.3 is 0 Å². The lowest BCUT2D eigenvalue weighted by molar-refractivity contribution is -0.136. The Labute approximate surface area is 191 Å². The molecule has 1 saturated heterocycles. The smallest absolute Gasteiger partial charge is 0.225 e. The van der Waals surface area contributed by atoms with Gasteiger partial charge in [-0.3, -0.25) is 9.79 Å². The predicted molar refractivity (Wildman–Crippen MR) is 132 cm³/mol. The van der Waals surface area contributed by atoms with Crippen LogP contribution in [0.5, 0.6) is 0 Å². The van der Waals surface area contributed by atoms with Crippen LogP contribution >= 0.6 is 47.5 Å². The van der Waals surface area contributed by atoms with Crippen LogP contribution in [0.15, 0.2) is 4.99 Å². The summed E-state index contributed by atoms with van der Waals surface area (Å²) in [4.78, 5) is 19.6. The van der Waals surface area contributed by atoms with Crippen LogP contribution in [0.2, 0.25) is 0 Å². The molecule has 5 nitrogen and oxygen atoms in total. The fraction of sp³-hybridized carbons (Fsp3) is 0.895. The molecule has 0 spiro atoms. The fourth-order valence-corrected chi connectivity index (χ4v) is 4.47. The molecular weight excluding hydrogens is 491 g/mol. The molecule has 1 aliphatic heterocycles. The molecule has 8 heteroatoms. The minimum atomic E-state index is 0. The number of amides is 1. The maximum Gasteiger partial charge on any atom is 0.225 e. The van der Waals surface area contributed by atoms with Crippen molar-refractivity contribution >= 4 is 59.4 Å². The number of halogens is 1. The third kappa shape index (κ3) is 8.60. The number of aliphatic imine (C=N–C) groups is 1. The zero-order chi connectivity index (χ0) is 19.0. The summed E-state index contributed by atoms with van der Waals surface area (Å²) < 4.78 is 0.152. The molecule has 158 valence electrons. The van der Waals surface area contributed by atoms with E-state index in [-0.39, 0.29) is 34.6 Å². The van der Waals surface area contributed by atoms with Crippen LogP contribution in [0, 0.1) is 5.92 Å². The van der Waals surface area contributed by atoms with Crippen molar-refractivity contribution in [3.63, 3.8) is 0 Å². The number of thioether (sulfide) groups is 2. The quantitative estimate of drug-likeness (QED) is 0.314. The number of hydrogen-bond acceptors (Lipinski definition) is 4. The van der Waals surface area contributed by atoms with Crippen molar-refractivity contribution in [2.45, 2.75) is 57.2 Å². The lowest BCUT2D eigenvalue weighted by Gasteiger charge is -2.34. The van der Waals surface area contributed by atoms with Crippen LogP contribution < -0.4 is 10.6 Å². The highest BCUT2D eigenvalue weighted by atomic mass is 127. The number of hydrogen-bond donors (Lipinski definition) is 2. The van der Waals surface area contributed by atoms with Gasteiger partial charge in [0.15, 0.2) is 5.96 Å². The van der Waals surface area contributed by atoms with Gasteiger partial charge < -0.3 is 15.5 Å².